The summed E-state index contributed by atoms with van der Waals surface area (Å²) in [7, 11) is 0. The first-order valence-corrected chi connectivity index (χ1v) is 4.27. The molecule has 12 heavy (non-hydrogen) atoms. The Balaban J connectivity index is 2.89. The van der Waals surface area contributed by atoms with E-state index in [1.807, 2.05) is 18.2 Å². The standard InChI is InChI=1S/C9H5BrFN/c10-7-5-9(11)12-8-4-2-1-3-6(7)8/h1-5H. The second kappa shape index (κ2) is 2.83. The first-order chi connectivity index (χ1) is 5.77. The molecule has 0 saturated carbocycles. The lowest BCUT2D eigenvalue weighted by molar-refractivity contribution is 0.588. The molecule has 3 heteroatoms. The molecule has 2 aromatic rings. The van der Waals surface area contributed by atoms with Crippen LogP contribution in [0.25, 0.3) is 10.9 Å². The SMILES string of the molecule is Fc1cc(Br)c2ccccc2n1. The summed E-state index contributed by atoms with van der Waals surface area (Å²) in [6.07, 6.45) is 0. The van der Waals surface area contributed by atoms with E-state index in [0.29, 0.717) is 5.52 Å². The maximum Gasteiger partial charge on any atom is 0.214 e. The highest BCUT2D eigenvalue weighted by Crippen LogP contribution is 2.22. The summed E-state index contributed by atoms with van der Waals surface area (Å²) in [5.41, 5.74) is 0.671. The van der Waals surface area contributed by atoms with E-state index < -0.39 is 5.95 Å². The third-order valence-corrected chi connectivity index (χ3v) is 2.29. The van der Waals surface area contributed by atoms with Gasteiger partial charge in [0.25, 0.3) is 0 Å². The summed E-state index contributed by atoms with van der Waals surface area (Å²) in [6.45, 7) is 0. The van der Waals surface area contributed by atoms with Crippen molar-refractivity contribution in [3.8, 4) is 0 Å². The number of fused-ring (bicyclic) bond motifs is 1. The van der Waals surface area contributed by atoms with E-state index in [4.69, 9.17) is 0 Å². The molecule has 1 aromatic heterocycles. The van der Waals surface area contributed by atoms with Crippen LogP contribution >= 0.6 is 15.9 Å². The summed E-state index contributed by atoms with van der Waals surface area (Å²) >= 11 is 3.27. The largest absolute Gasteiger partial charge is 0.220 e. The monoisotopic (exact) mass is 225 g/mol. The van der Waals surface area contributed by atoms with Gasteiger partial charge in [-0.25, -0.2) is 4.98 Å². The summed E-state index contributed by atoms with van der Waals surface area (Å²) in [5.74, 6) is -0.458. The molecule has 0 spiro atoms. The smallest absolute Gasteiger partial charge is 0.214 e. The Morgan fingerprint density at radius 1 is 1.25 bits per heavy atom. The second-order valence-corrected chi connectivity index (χ2v) is 3.30. The van der Waals surface area contributed by atoms with Crippen molar-refractivity contribution in [2.24, 2.45) is 0 Å². The van der Waals surface area contributed by atoms with Crippen molar-refractivity contribution in [3.63, 3.8) is 0 Å². The van der Waals surface area contributed by atoms with Gasteiger partial charge in [0.15, 0.2) is 0 Å². The Morgan fingerprint density at radius 2 is 2.00 bits per heavy atom. The van der Waals surface area contributed by atoms with Crippen molar-refractivity contribution in [2.75, 3.05) is 0 Å². The molecular weight excluding hydrogens is 221 g/mol. The van der Waals surface area contributed by atoms with Crippen molar-refractivity contribution in [3.05, 3.63) is 40.8 Å². The number of nitrogens with zero attached hydrogens (tertiary/aromatic N) is 1. The van der Waals surface area contributed by atoms with Gasteiger partial charge in [0.1, 0.15) is 0 Å². The van der Waals surface area contributed by atoms with Gasteiger partial charge >= 0.3 is 0 Å². The van der Waals surface area contributed by atoms with Crippen molar-refractivity contribution >= 4 is 26.8 Å². The Labute approximate surface area is 77.4 Å². The third-order valence-electron chi connectivity index (χ3n) is 1.63. The third kappa shape index (κ3) is 1.20. The molecule has 0 aliphatic rings. The van der Waals surface area contributed by atoms with E-state index in [1.54, 1.807) is 6.07 Å². The van der Waals surface area contributed by atoms with Crippen LogP contribution in [-0.2, 0) is 0 Å². The van der Waals surface area contributed by atoms with Gasteiger partial charge in [0.2, 0.25) is 5.95 Å². The molecule has 0 aliphatic carbocycles. The first kappa shape index (κ1) is 7.68. The molecule has 0 bridgehead atoms. The van der Waals surface area contributed by atoms with E-state index in [9.17, 15) is 4.39 Å². The van der Waals surface area contributed by atoms with Crippen molar-refractivity contribution in [2.45, 2.75) is 0 Å². The molecule has 1 heterocycles. The van der Waals surface area contributed by atoms with Gasteiger partial charge in [-0.2, -0.15) is 4.39 Å². The molecule has 0 unspecified atom stereocenters. The molecule has 0 saturated heterocycles. The number of halogens is 2. The van der Waals surface area contributed by atoms with E-state index in [-0.39, 0.29) is 0 Å². The number of hydrogen-bond donors (Lipinski definition) is 0. The maximum atomic E-state index is 12.8. The average Bonchev–Trinajstić information content (AvgIpc) is 2.04. The fraction of sp³-hybridized carbons (Fsp3) is 0. The maximum absolute atomic E-state index is 12.8. The normalized spacial score (nSPS) is 10.5. The summed E-state index contributed by atoms with van der Waals surface area (Å²) in [4.78, 5) is 3.74. The molecule has 0 fully saturated rings. The van der Waals surface area contributed by atoms with Crippen LogP contribution < -0.4 is 0 Å². The highest BCUT2D eigenvalue weighted by Gasteiger charge is 2.00. The Morgan fingerprint density at radius 3 is 2.83 bits per heavy atom. The molecule has 0 N–H and O–H groups in total. The predicted octanol–water partition coefficient (Wildman–Crippen LogP) is 3.14. The molecule has 0 radical (unpaired) electrons. The highest BCUT2D eigenvalue weighted by atomic mass is 79.9. The van der Waals surface area contributed by atoms with Gasteiger partial charge in [0.05, 0.1) is 5.52 Å². The quantitative estimate of drug-likeness (QED) is 0.629. The topological polar surface area (TPSA) is 12.9 Å². The Hall–Kier alpha value is -0.960. The first-order valence-electron chi connectivity index (χ1n) is 3.48. The van der Waals surface area contributed by atoms with Crippen molar-refractivity contribution < 1.29 is 4.39 Å². The second-order valence-electron chi connectivity index (χ2n) is 2.44. The average molecular weight is 226 g/mol. The fourth-order valence-corrected chi connectivity index (χ4v) is 1.63. The Bertz CT molecular complexity index is 428. The van der Waals surface area contributed by atoms with Crippen LogP contribution in [0.5, 0.6) is 0 Å². The number of para-hydroxylation sites is 1. The van der Waals surface area contributed by atoms with E-state index in [1.165, 1.54) is 6.07 Å². The number of pyridine rings is 1. The van der Waals surface area contributed by atoms with E-state index >= 15 is 0 Å². The Kier molecular flexibility index (Phi) is 1.81. The zero-order chi connectivity index (χ0) is 8.55. The molecule has 1 nitrogen and oxygen atoms in total. The number of rotatable bonds is 0. The number of benzene rings is 1. The zero-order valence-electron chi connectivity index (χ0n) is 6.09. The molecule has 2 rings (SSSR count). The minimum absolute atomic E-state index is 0.458. The predicted molar refractivity (Wildman–Crippen MR) is 49.4 cm³/mol. The van der Waals surface area contributed by atoms with E-state index in [0.717, 1.165) is 9.86 Å². The van der Waals surface area contributed by atoms with Gasteiger partial charge < -0.3 is 0 Å². The van der Waals surface area contributed by atoms with Gasteiger partial charge in [-0.1, -0.05) is 18.2 Å². The zero-order valence-corrected chi connectivity index (χ0v) is 7.68. The summed E-state index contributed by atoms with van der Waals surface area (Å²) < 4.78 is 13.5. The van der Waals surface area contributed by atoms with Crippen LogP contribution in [0, 0.1) is 5.95 Å². The number of hydrogen-bond acceptors (Lipinski definition) is 1. The molecular formula is C9H5BrFN. The van der Waals surface area contributed by atoms with Crippen LogP contribution in [0.2, 0.25) is 0 Å². The lowest BCUT2D eigenvalue weighted by atomic mass is 10.2. The van der Waals surface area contributed by atoms with Gasteiger partial charge in [0, 0.05) is 15.9 Å². The summed E-state index contributed by atoms with van der Waals surface area (Å²) in [5, 5.41) is 0.930. The lowest BCUT2D eigenvalue weighted by Crippen LogP contribution is -1.84. The highest BCUT2D eigenvalue weighted by molar-refractivity contribution is 9.10. The van der Waals surface area contributed by atoms with Crippen molar-refractivity contribution in [1.82, 2.24) is 4.98 Å². The molecule has 1 aromatic carbocycles. The number of aromatic nitrogens is 1. The van der Waals surface area contributed by atoms with E-state index in [2.05, 4.69) is 20.9 Å². The minimum atomic E-state index is -0.458. The van der Waals surface area contributed by atoms with Gasteiger partial charge in [-0.05, 0) is 22.0 Å². The van der Waals surface area contributed by atoms with Crippen LogP contribution in [0.4, 0.5) is 4.39 Å². The van der Waals surface area contributed by atoms with Crippen LogP contribution in [-0.4, -0.2) is 4.98 Å². The van der Waals surface area contributed by atoms with Crippen LogP contribution in [0.15, 0.2) is 34.8 Å². The molecule has 60 valence electrons. The minimum Gasteiger partial charge on any atom is -0.220 e. The molecule has 0 amide bonds. The fourth-order valence-electron chi connectivity index (χ4n) is 1.10. The van der Waals surface area contributed by atoms with Crippen LogP contribution in [0.1, 0.15) is 0 Å². The molecule has 0 atom stereocenters. The summed E-state index contributed by atoms with van der Waals surface area (Å²) in [6, 6.07) is 8.77. The molecule has 0 aliphatic heterocycles. The lowest BCUT2D eigenvalue weighted by Gasteiger charge is -1.98. The van der Waals surface area contributed by atoms with Crippen molar-refractivity contribution in [1.29, 1.82) is 0 Å². The van der Waals surface area contributed by atoms with Crippen LogP contribution in [0.3, 0.4) is 0 Å². The van der Waals surface area contributed by atoms with Gasteiger partial charge in [-0.15, -0.1) is 0 Å². The van der Waals surface area contributed by atoms with Gasteiger partial charge in [-0.3, -0.25) is 0 Å².